The Labute approximate surface area is 106 Å². The maximum absolute atomic E-state index is 5.97. The molecule has 0 aliphatic rings. The molecule has 18 heavy (non-hydrogen) atoms. The van der Waals surface area contributed by atoms with Gasteiger partial charge in [-0.25, -0.2) is 4.68 Å². The van der Waals surface area contributed by atoms with E-state index < -0.39 is 0 Å². The number of anilines is 1. The van der Waals surface area contributed by atoms with Crippen molar-refractivity contribution >= 4 is 5.82 Å². The quantitative estimate of drug-likeness (QED) is 0.872. The second kappa shape index (κ2) is 5.55. The van der Waals surface area contributed by atoms with Gasteiger partial charge in [-0.3, -0.25) is 0 Å². The lowest BCUT2D eigenvalue weighted by Crippen LogP contribution is -2.04. The largest absolute Gasteiger partial charge is 0.494 e. The van der Waals surface area contributed by atoms with Crippen LogP contribution in [0.5, 0.6) is 5.75 Å². The molecular formula is C13H17N3O2. The lowest BCUT2D eigenvalue weighted by atomic mass is 10.3. The maximum Gasteiger partial charge on any atom is 0.144 e. The molecule has 5 heteroatoms. The molecule has 0 fully saturated rings. The number of benzene rings is 1. The average Bonchev–Trinajstić information content (AvgIpc) is 2.77. The molecule has 0 aliphatic carbocycles. The molecular weight excluding hydrogens is 230 g/mol. The summed E-state index contributed by atoms with van der Waals surface area (Å²) in [4.78, 5) is 0. The van der Waals surface area contributed by atoms with Crippen LogP contribution in [-0.2, 0) is 11.2 Å². The second-order valence-electron chi connectivity index (χ2n) is 3.89. The summed E-state index contributed by atoms with van der Waals surface area (Å²) in [5.41, 5.74) is 7.71. The monoisotopic (exact) mass is 247 g/mol. The normalized spacial score (nSPS) is 10.6. The Morgan fingerprint density at radius 3 is 2.78 bits per heavy atom. The SMILES string of the molecule is COCCc1cc(N)n(-c2ccccc2OC)n1. The smallest absolute Gasteiger partial charge is 0.144 e. The minimum absolute atomic E-state index is 0.589. The molecule has 0 saturated heterocycles. The van der Waals surface area contributed by atoms with Crippen LogP contribution < -0.4 is 10.5 Å². The standard InChI is InChI=1S/C13H17N3O2/c1-17-8-7-10-9-13(14)16(15-10)11-5-3-4-6-12(11)18-2/h3-6,9H,7-8,14H2,1-2H3. The van der Waals surface area contributed by atoms with Crippen molar-refractivity contribution in [2.24, 2.45) is 0 Å². The van der Waals surface area contributed by atoms with Crippen molar-refractivity contribution in [2.75, 3.05) is 26.6 Å². The van der Waals surface area contributed by atoms with E-state index in [9.17, 15) is 0 Å². The summed E-state index contributed by atoms with van der Waals surface area (Å²) < 4.78 is 12.0. The number of ether oxygens (including phenoxy) is 2. The van der Waals surface area contributed by atoms with Crippen molar-refractivity contribution in [3.05, 3.63) is 36.0 Å². The number of nitrogens with zero attached hydrogens (tertiary/aromatic N) is 2. The predicted octanol–water partition coefficient (Wildman–Crippen LogP) is 1.65. The van der Waals surface area contributed by atoms with Crippen molar-refractivity contribution in [2.45, 2.75) is 6.42 Å². The lowest BCUT2D eigenvalue weighted by molar-refractivity contribution is 0.201. The highest BCUT2D eigenvalue weighted by Gasteiger charge is 2.10. The molecule has 0 saturated carbocycles. The van der Waals surface area contributed by atoms with Gasteiger partial charge in [0.2, 0.25) is 0 Å². The number of hydrogen-bond acceptors (Lipinski definition) is 4. The highest BCUT2D eigenvalue weighted by Crippen LogP contribution is 2.24. The fraction of sp³-hybridized carbons (Fsp3) is 0.308. The van der Waals surface area contributed by atoms with Gasteiger partial charge in [-0.1, -0.05) is 12.1 Å². The van der Waals surface area contributed by atoms with Gasteiger partial charge in [0.15, 0.2) is 0 Å². The zero-order chi connectivity index (χ0) is 13.0. The second-order valence-corrected chi connectivity index (χ2v) is 3.89. The molecule has 0 aliphatic heterocycles. The van der Waals surface area contributed by atoms with Crippen LogP contribution in [0.3, 0.4) is 0 Å². The molecule has 5 nitrogen and oxygen atoms in total. The van der Waals surface area contributed by atoms with E-state index in [1.165, 1.54) is 0 Å². The summed E-state index contributed by atoms with van der Waals surface area (Å²) in [7, 11) is 3.30. The Kier molecular flexibility index (Phi) is 3.84. The third-order valence-electron chi connectivity index (χ3n) is 2.66. The Balaban J connectivity index is 2.35. The highest BCUT2D eigenvalue weighted by atomic mass is 16.5. The van der Waals surface area contributed by atoms with E-state index in [1.807, 2.05) is 30.3 Å². The van der Waals surface area contributed by atoms with Gasteiger partial charge < -0.3 is 15.2 Å². The van der Waals surface area contributed by atoms with Crippen molar-refractivity contribution in [1.29, 1.82) is 0 Å². The molecule has 0 unspecified atom stereocenters. The van der Waals surface area contributed by atoms with Gasteiger partial charge in [0.25, 0.3) is 0 Å². The Morgan fingerprint density at radius 2 is 2.06 bits per heavy atom. The van der Waals surface area contributed by atoms with Gasteiger partial charge in [-0.15, -0.1) is 0 Å². The molecule has 0 bridgehead atoms. The topological polar surface area (TPSA) is 62.3 Å². The van der Waals surface area contributed by atoms with Crippen LogP contribution in [0.1, 0.15) is 5.69 Å². The zero-order valence-corrected chi connectivity index (χ0v) is 10.6. The Bertz CT molecular complexity index is 523. The van der Waals surface area contributed by atoms with Crippen molar-refractivity contribution < 1.29 is 9.47 Å². The van der Waals surface area contributed by atoms with E-state index >= 15 is 0 Å². The van der Waals surface area contributed by atoms with Gasteiger partial charge in [-0.05, 0) is 12.1 Å². The summed E-state index contributed by atoms with van der Waals surface area (Å²) >= 11 is 0. The fourth-order valence-electron chi connectivity index (χ4n) is 1.77. The molecule has 0 amide bonds. The highest BCUT2D eigenvalue weighted by molar-refractivity contribution is 5.51. The maximum atomic E-state index is 5.97. The van der Waals surface area contributed by atoms with Crippen LogP contribution in [0.4, 0.5) is 5.82 Å². The number of nitrogen functional groups attached to an aromatic ring is 1. The molecule has 0 atom stereocenters. The van der Waals surface area contributed by atoms with Crippen LogP contribution in [0.25, 0.3) is 5.69 Å². The summed E-state index contributed by atoms with van der Waals surface area (Å²) in [5, 5.41) is 4.46. The van der Waals surface area contributed by atoms with Crippen LogP contribution in [-0.4, -0.2) is 30.6 Å². The molecule has 2 rings (SSSR count). The molecule has 1 heterocycles. The summed E-state index contributed by atoms with van der Waals surface area (Å²) in [6.07, 6.45) is 0.739. The molecule has 1 aromatic carbocycles. The summed E-state index contributed by atoms with van der Waals surface area (Å²) in [5.74, 6) is 1.33. The van der Waals surface area contributed by atoms with Gasteiger partial charge in [0, 0.05) is 19.6 Å². The van der Waals surface area contributed by atoms with E-state index in [0.717, 1.165) is 23.6 Å². The lowest BCUT2D eigenvalue weighted by Gasteiger charge is -2.09. The van der Waals surface area contributed by atoms with Crippen molar-refractivity contribution in [1.82, 2.24) is 9.78 Å². The fourth-order valence-corrected chi connectivity index (χ4v) is 1.77. The third-order valence-corrected chi connectivity index (χ3v) is 2.66. The molecule has 2 N–H and O–H groups in total. The van der Waals surface area contributed by atoms with E-state index in [1.54, 1.807) is 18.9 Å². The number of aromatic nitrogens is 2. The first-order valence-electron chi connectivity index (χ1n) is 5.73. The number of methoxy groups -OCH3 is 2. The van der Waals surface area contributed by atoms with Crippen LogP contribution in [0, 0.1) is 0 Å². The van der Waals surface area contributed by atoms with E-state index in [-0.39, 0.29) is 0 Å². The van der Waals surface area contributed by atoms with E-state index in [2.05, 4.69) is 5.10 Å². The third kappa shape index (κ3) is 2.46. The molecule has 0 spiro atoms. The molecule has 0 radical (unpaired) electrons. The Hall–Kier alpha value is -2.01. The molecule has 1 aromatic heterocycles. The minimum Gasteiger partial charge on any atom is -0.494 e. The van der Waals surface area contributed by atoms with Gasteiger partial charge in [0.1, 0.15) is 17.3 Å². The average molecular weight is 247 g/mol. The minimum atomic E-state index is 0.589. The van der Waals surface area contributed by atoms with E-state index in [0.29, 0.717) is 12.4 Å². The first-order chi connectivity index (χ1) is 8.76. The van der Waals surface area contributed by atoms with E-state index in [4.69, 9.17) is 15.2 Å². The Morgan fingerprint density at radius 1 is 1.28 bits per heavy atom. The van der Waals surface area contributed by atoms with Crippen LogP contribution in [0.2, 0.25) is 0 Å². The number of hydrogen-bond donors (Lipinski definition) is 1. The number of rotatable bonds is 5. The van der Waals surface area contributed by atoms with Crippen molar-refractivity contribution in [3.8, 4) is 11.4 Å². The van der Waals surface area contributed by atoms with Crippen LogP contribution >= 0.6 is 0 Å². The first kappa shape index (κ1) is 12.4. The molecule has 2 aromatic rings. The first-order valence-corrected chi connectivity index (χ1v) is 5.73. The number of nitrogens with two attached hydrogens (primary N) is 1. The molecule has 96 valence electrons. The summed E-state index contributed by atoms with van der Waals surface area (Å²) in [6.45, 7) is 0.627. The van der Waals surface area contributed by atoms with Crippen molar-refractivity contribution in [3.63, 3.8) is 0 Å². The number of para-hydroxylation sites is 2. The van der Waals surface area contributed by atoms with Crippen LogP contribution in [0.15, 0.2) is 30.3 Å². The predicted molar refractivity (Wildman–Crippen MR) is 70.1 cm³/mol. The van der Waals surface area contributed by atoms with Gasteiger partial charge >= 0.3 is 0 Å². The summed E-state index contributed by atoms with van der Waals surface area (Å²) in [6, 6.07) is 9.49. The van der Waals surface area contributed by atoms with Gasteiger partial charge in [-0.2, -0.15) is 5.10 Å². The van der Waals surface area contributed by atoms with Gasteiger partial charge in [0.05, 0.1) is 19.4 Å². The zero-order valence-electron chi connectivity index (χ0n) is 10.6.